The number of furan rings is 2. The van der Waals surface area contributed by atoms with Crippen molar-refractivity contribution in [1.82, 2.24) is 15.0 Å². The molecule has 0 bridgehead atoms. The van der Waals surface area contributed by atoms with E-state index in [-0.39, 0.29) is 48.0 Å². The summed E-state index contributed by atoms with van der Waals surface area (Å²) in [6.07, 6.45) is 5.67. The molecular weight excluding hydrogens is 763 g/mol. The number of fused-ring (bicyclic) bond motifs is 7. The Morgan fingerprint density at radius 1 is 0.717 bits per heavy atom. The van der Waals surface area contributed by atoms with Gasteiger partial charge < -0.3 is 23.8 Å². The smallest absolute Gasteiger partial charge is 0.139 e. The van der Waals surface area contributed by atoms with Crippen LogP contribution in [-0.2, 0) is 20.1 Å². The minimum absolute atomic E-state index is 0. The van der Waals surface area contributed by atoms with Crippen LogP contribution in [0.25, 0.3) is 66.4 Å². The summed E-state index contributed by atoms with van der Waals surface area (Å²) in [6, 6.07) is 27.3. The van der Waals surface area contributed by atoms with Gasteiger partial charge in [-0.05, 0) is 71.3 Å². The Hall–Kier alpha value is -4.42. The number of hydrogen-bond donors (Lipinski definition) is 0. The van der Waals surface area contributed by atoms with E-state index in [1.165, 1.54) is 5.19 Å². The van der Waals surface area contributed by atoms with Crippen LogP contribution >= 0.6 is 0 Å². The number of aryl methyl sites for hydroxylation is 3. The van der Waals surface area contributed by atoms with E-state index in [1.54, 1.807) is 12.1 Å². The average Bonchev–Trinajstić information content (AvgIpc) is 3.69. The molecule has 5 nitrogen and oxygen atoms in total. The van der Waals surface area contributed by atoms with Crippen LogP contribution in [0, 0.1) is 32.8 Å². The maximum atomic E-state index is 8.06. The zero-order valence-electron chi connectivity index (χ0n) is 34.2. The molecule has 5 aromatic heterocycles. The summed E-state index contributed by atoms with van der Waals surface area (Å²) in [4.78, 5) is 12.8. The summed E-state index contributed by atoms with van der Waals surface area (Å²) in [5.41, 5.74) is 2.78. The van der Waals surface area contributed by atoms with E-state index in [2.05, 4.69) is 59.0 Å². The molecule has 0 N–H and O–H groups in total. The van der Waals surface area contributed by atoms with Crippen molar-refractivity contribution in [2.45, 2.75) is 40.2 Å². The fraction of sp³-hybridized carbons (Fsp3) is 0.154. The van der Waals surface area contributed by atoms with Gasteiger partial charge in [0.15, 0.2) is 0 Å². The second-order valence-electron chi connectivity index (χ2n) is 11.7. The SMILES string of the molecule is C[Si](C)(C)c1ccc(-c2[c-]cccc2)nc1.[2H]C([2H])([2H])c1cnc(-c2[c-]nc(C([2H])([2H])[2H])c3c2oc2c3ccc3oc4ccccc4c32)cc1C([2H])([2H])[2H].[Ir]. The second kappa shape index (κ2) is 12.4. The Bertz CT molecular complexity index is 2660. The normalized spacial score (nSPS) is 15.2. The van der Waals surface area contributed by atoms with E-state index in [9.17, 15) is 0 Å². The van der Waals surface area contributed by atoms with Crippen molar-refractivity contribution in [2.24, 2.45) is 0 Å². The summed E-state index contributed by atoms with van der Waals surface area (Å²) in [5, 5.41) is 3.49. The molecule has 0 spiro atoms. The average molecular weight is 805 g/mol. The Kier molecular flexibility index (Phi) is 5.98. The summed E-state index contributed by atoms with van der Waals surface area (Å²) < 4.78 is 83.3. The topological polar surface area (TPSA) is 65.0 Å². The van der Waals surface area contributed by atoms with E-state index >= 15 is 0 Å². The molecule has 0 aliphatic carbocycles. The van der Waals surface area contributed by atoms with Gasteiger partial charge in [0.2, 0.25) is 0 Å². The predicted octanol–water partition coefficient (Wildman–Crippen LogP) is 9.76. The van der Waals surface area contributed by atoms with Gasteiger partial charge in [-0.1, -0.05) is 74.0 Å². The van der Waals surface area contributed by atoms with Crippen molar-refractivity contribution in [3.05, 3.63) is 120 Å². The number of rotatable bonds is 3. The molecule has 0 aliphatic rings. The number of benzene rings is 3. The van der Waals surface area contributed by atoms with Crippen LogP contribution in [0.5, 0.6) is 0 Å². The Labute approximate surface area is 295 Å². The molecule has 5 heterocycles. The molecular formula is C39H33IrN3O2Si-2. The number of pyridine rings is 3. The second-order valence-corrected chi connectivity index (χ2v) is 16.8. The largest absolute Gasteiger partial charge is 0.500 e. The molecule has 0 amide bonds. The zero-order valence-corrected chi connectivity index (χ0v) is 28.5. The van der Waals surface area contributed by atoms with Gasteiger partial charge in [-0.3, -0.25) is 0 Å². The van der Waals surface area contributed by atoms with Gasteiger partial charge in [0.25, 0.3) is 0 Å². The molecule has 46 heavy (non-hydrogen) atoms. The van der Waals surface area contributed by atoms with Gasteiger partial charge in [0, 0.05) is 55.6 Å². The zero-order chi connectivity index (χ0) is 38.8. The molecule has 7 heteroatoms. The molecule has 3 aromatic carbocycles. The van der Waals surface area contributed by atoms with Crippen molar-refractivity contribution < 1.29 is 41.3 Å². The van der Waals surface area contributed by atoms with Crippen LogP contribution in [0.15, 0.2) is 100 Å². The summed E-state index contributed by atoms with van der Waals surface area (Å²) >= 11 is 0. The van der Waals surface area contributed by atoms with Gasteiger partial charge in [0.1, 0.15) is 16.7 Å². The first-order valence-electron chi connectivity index (χ1n) is 18.9. The van der Waals surface area contributed by atoms with Crippen molar-refractivity contribution in [1.29, 1.82) is 0 Å². The molecule has 0 atom stereocenters. The van der Waals surface area contributed by atoms with Gasteiger partial charge in [-0.25, -0.2) is 0 Å². The van der Waals surface area contributed by atoms with Crippen LogP contribution in [-0.4, -0.2) is 23.0 Å². The molecule has 8 aromatic rings. The van der Waals surface area contributed by atoms with Crippen LogP contribution < -0.4 is 5.19 Å². The van der Waals surface area contributed by atoms with Crippen molar-refractivity contribution in [3.63, 3.8) is 0 Å². The van der Waals surface area contributed by atoms with Gasteiger partial charge in [-0.2, -0.15) is 0 Å². The molecule has 1 radical (unpaired) electrons. The Morgan fingerprint density at radius 3 is 2.28 bits per heavy atom. The number of aromatic nitrogens is 3. The molecule has 0 unspecified atom stereocenters. The Morgan fingerprint density at radius 2 is 1.54 bits per heavy atom. The Balaban J connectivity index is 0.000000254. The quantitative estimate of drug-likeness (QED) is 0.132. The van der Waals surface area contributed by atoms with E-state index in [4.69, 9.17) is 21.2 Å². The van der Waals surface area contributed by atoms with E-state index in [0.29, 0.717) is 27.5 Å². The van der Waals surface area contributed by atoms with Gasteiger partial charge in [-0.15, -0.1) is 35.9 Å². The van der Waals surface area contributed by atoms with E-state index in [1.807, 2.05) is 54.7 Å². The predicted molar refractivity (Wildman–Crippen MR) is 187 cm³/mol. The van der Waals surface area contributed by atoms with Gasteiger partial charge >= 0.3 is 0 Å². The monoisotopic (exact) mass is 805 g/mol. The third-order valence-corrected chi connectivity index (χ3v) is 9.74. The molecule has 8 rings (SSSR count). The third-order valence-electron chi connectivity index (χ3n) is 7.71. The fourth-order valence-corrected chi connectivity index (χ4v) is 6.34. The van der Waals surface area contributed by atoms with Gasteiger partial charge in [0.05, 0.1) is 19.0 Å². The summed E-state index contributed by atoms with van der Waals surface area (Å²) in [5.74, 6) is 0. The molecule has 0 saturated carbocycles. The van der Waals surface area contributed by atoms with Crippen LogP contribution in [0.2, 0.25) is 19.6 Å². The van der Waals surface area contributed by atoms with Crippen LogP contribution in [0.4, 0.5) is 0 Å². The standard InChI is InChI=1S/C25H17N2O2.C14H16NSi.Ir/c1-13-10-19(27-11-14(13)2)18-12-26-15(3)22-17-8-9-21-23(24(17)29-25(18)22)16-6-4-5-7-20(16)28-21;1-16(2,3)13-9-10-14(15-11-13)12-7-5-4-6-8-12;/h4-11H,1-3H3;4-7,9-11H,1-3H3;/q2*-1;/i1D3,2D3,3D3;;. The third kappa shape index (κ3) is 5.71. The van der Waals surface area contributed by atoms with Crippen molar-refractivity contribution >= 4 is 57.1 Å². The molecule has 231 valence electrons. The fourth-order valence-electron chi connectivity index (χ4n) is 5.31. The minimum Gasteiger partial charge on any atom is -0.500 e. The first-order chi connectivity index (χ1) is 25.3. The van der Waals surface area contributed by atoms with Crippen molar-refractivity contribution in [3.8, 4) is 22.5 Å². The maximum absolute atomic E-state index is 8.06. The maximum Gasteiger partial charge on any atom is 0.139 e. The number of para-hydroxylation sites is 1. The van der Waals surface area contributed by atoms with E-state index in [0.717, 1.165) is 28.9 Å². The van der Waals surface area contributed by atoms with Crippen LogP contribution in [0.3, 0.4) is 0 Å². The first kappa shape index (κ1) is 22.2. The summed E-state index contributed by atoms with van der Waals surface area (Å²) in [7, 11) is -1.23. The number of nitrogens with zero attached hydrogens (tertiary/aromatic N) is 3. The van der Waals surface area contributed by atoms with Crippen LogP contribution in [0.1, 0.15) is 29.2 Å². The van der Waals surface area contributed by atoms with Crippen molar-refractivity contribution in [2.75, 3.05) is 0 Å². The summed E-state index contributed by atoms with van der Waals surface area (Å²) in [6.45, 7) is -1.07. The molecule has 0 aliphatic heterocycles. The van der Waals surface area contributed by atoms with E-state index < -0.39 is 39.8 Å². The first-order valence-corrected chi connectivity index (χ1v) is 17.9. The number of hydrogen-bond acceptors (Lipinski definition) is 5. The molecule has 0 saturated heterocycles. The minimum atomic E-state index is -2.75. The molecule has 0 fully saturated rings.